The molecule has 0 N–H and O–H groups in total. The number of likely N-dealkylation sites (N-methyl/N-ethyl adjacent to an activating group) is 1. The molecule has 126 valence electrons. The highest BCUT2D eigenvalue weighted by Gasteiger charge is 2.32. The van der Waals surface area contributed by atoms with Gasteiger partial charge in [-0.1, -0.05) is 6.92 Å². The van der Waals surface area contributed by atoms with E-state index in [1.165, 1.54) is 15.3 Å². The van der Waals surface area contributed by atoms with E-state index in [1.54, 1.807) is 26.1 Å². The maximum atomic E-state index is 12.8. The van der Waals surface area contributed by atoms with Crippen molar-refractivity contribution in [3.05, 3.63) is 18.2 Å². The summed E-state index contributed by atoms with van der Waals surface area (Å²) >= 11 is 0. The lowest BCUT2D eigenvalue weighted by molar-refractivity contribution is -0.125. The molecule has 1 amide bonds. The van der Waals surface area contributed by atoms with E-state index in [4.69, 9.17) is 4.74 Å². The maximum absolute atomic E-state index is 12.8. The van der Waals surface area contributed by atoms with E-state index in [9.17, 15) is 13.2 Å². The molecule has 23 heavy (non-hydrogen) atoms. The number of anilines is 1. The zero-order chi connectivity index (χ0) is 16.8. The molecule has 0 aromatic heterocycles. The van der Waals surface area contributed by atoms with Crippen LogP contribution in [0, 0.1) is 5.92 Å². The molecule has 0 spiro atoms. The van der Waals surface area contributed by atoms with Gasteiger partial charge in [-0.05, 0) is 43.9 Å². The molecule has 0 aliphatic carbocycles. The van der Waals surface area contributed by atoms with Crippen molar-refractivity contribution in [2.45, 2.75) is 37.7 Å². The number of piperidine rings is 1. The van der Waals surface area contributed by atoms with E-state index in [1.807, 2.05) is 0 Å². The van der Waals surface area contributed by atoms with Gasteiger partial charge in [0, 0.05) is 20.1 Å². The number of carbonyl (C=O) groups is 1. The molecule has 6 nitrogen and oxygen atoms in total. The first kappa shape index (κ1) is 16.3. The van der Waals surface area contributed by atoms with Crippen LogP contribution in [0.1, 0.15) is 26.7 Å². The number of rotatable bonds is 2. The second-order valence-electron chi connectivity index (χ2n) is 6.37. The largest absolute Gasteiger partial charge is 0.479 e. The van der Waals surface area contributed by atoms with Crippen molar-refractivity contribution in [3.63, 3.8) is 0 Å². The van der Waals surface area contributed by atoms with Gasteiger partial charge in [0.05, 0.1) is 10.6 Å². The van der Waals surface area contributed by atoms with Crippen LogP contribution in [0.3, 0.4) is 0 Å². The number of sulfonamides is 1. The van der Waals surface area contributed by atoms with Crippen molar-refractivity contribution in [2.24, 2.45) is 5.92 Å². The molecule has 2 aliphatic rings. The van der Waals surface area contributed by atoms with Gasteiger partial charge in [0.1, 0.15) is 5.75 Å². The summed E-state index contributed by atoms with van der Waals surface area (Å²) in [6.07, 6.45) is 1.20. The van der Waals surface area contributed by atoms with Crippen LogP contribution in [0.15, 0.2) is 23.1 Å². The molecule has 7 heteroatoms. The fourth-order valence-corrected chi connectivity index (χ4v) is 4.52. The molecule has 0 saturated carbocycles. The van der Waals surface area contributed by atoms with Crippen molar-refractivity contribution in [1.29, 1.82) is 0 Å². The Morgan fingerprint density at radius 3 is 2.48 bits per heavy atom. The first-order valence-corrected chi connectivity index (χ1v) is 9.33. The van der Waals surface area contributed by atoms with Gasteiger partial charge in [-0.3, -0.25) is 4.79 Å². The Labute approximate surface area is 137 Å². The predicted octanol–water partition coefficient (Wildman–Crippen LogP) is 1.85. The van der Waals surface area contributed by atoms with Crippen LogP contribution in [0.4, 0.5) is 5.69 Å². The molecule has 1 fully saturated rings. The predicted molar refractivity (Wildman–Crippen MR) is 87.1 cm³/mol. The maximum Gasteiger partial charge on any atom is 0.267 e. The van der Waals surface area contributed by atoms with Gasteiger partial charge in [-0.15, -0.1) is 0 Å². The number of carbonyl (C=O) groups excluding carboxylic acids is 1. The first-order chi connectivity index (χ1) is 10.8. The third-order valence-electron chi connectivity index (χ3n) is 4.65. The molecular formula is C16H22N2O4S. The summed E-state index contributed by atoms with van der Waals surface area (Å²) in [6.45, 7) is 4.91. The molecule has 1 saturated heterocycles. The number of benzene rings is 1. The Hall–Kier alpha value is -1.60. The van der Waals surface area contributed by atoms with E-state index in [2.05, 4.69) is 6.92 Å². The molecule has 1 aromatic carbocycles. The van der Waals surface area contributed by atoms with Gasteiger partial charge in [0.2, 0.25) is 10.0 Å². The summed E-state index contributed by atoms with van der Waals surface area (Å²) in [5.41, 5.74) is 0.500. The molecule has 1 unspecified atom stereocenters. The fourth-order valence-electron chi connectivity index (χ4n) is 3.03. The number of hydrogen-bond acceptors (Lipinski definition) is 4. The summed E-state index contributed by atoms with van der Waals surface area (Å²) < 4.78 is 32.7. The topological polar surface area (TPSA) is 66.9 Å². The Morgan fingerprint density at radius 2 is 1.83 bits per heavy atom. The molecule has 3 rings (SSSR count). The van der Waals surface area contributed by atoms with Crippen LogP contribution in [0.5, 0.6) is 5.75 Å². The van der Waals surface area contributed by atoms with Crippen molar-refractivity contribution in [3.8, 4) is 5.75 Å². The number of nitrogens with zero attached hydrogens (tertiary/aromatic N) is 2. The van der Waals surface area contributed by atoms with Gasteiger partial charge in [0.25, 0.3) is 5.91 Å². The van der Waals surface area contributed by atoms with E-state index < -0.39 is 16.1 Å². The van der Waals surface area contributed by atoms with Crippen LogP contribution in [-0.4, -0.2) is 44.9 Å². The van der Waals surface area contributed by atoms with Gasteiger partial charge in [0.15, 0.2) is 6.10 Å². The number of amides is 1. The normalized spacial score (nSPS) is 23.5. The average Bonchev–Trinajstić information content (AvgIpc) is 2.53. The quantitative estimate of drug-likeness (QED) is 0.825. The lowest BCUT2D eigenvalue weighted by Gasteiger charge is -2.32. The Morgan fingerprint density at radius 1 is 1.17 bits per heavy atom. The Kier molecular flexibility index (Phi) is 4.10. The molecule has 1 aromatic rings. The summed E-state index contributed by atoms with van der Waals surface area (Å²) in [4.78, 5) is 13.7. The zero-order valence-corrected chi connectivity index (χ0v) is 14.5. The third-order valence-corrected chi connectivity index (χ3v) is 6.55. The lowest BCUT2D eigenvalue weighted by atomic mass is 10.0. The van der Waals surface area contributed by atoms with Crippen molar-refractivity contribution < 1.29 is 17.9 Å². The lowest BCUT2D eigenvalue weighted by Crippen LogP contribution is -2.42. The van der Waals surface area contributed by atoms with E-state index >= 15 is 0 Å². The average molecular weight is 338 g/mol. The van der Waals surface area contributed by atoms with Gasteiger partial charge in [-0.2, -0.15) is 4.31 Å². The molecule has 2 aliphatic heterocycles. The minimum Gasteiger partial charge on any atom is -0.479 e. The van der Waals surface area contributed by atoms with Crippen molar-refractivity contribution in [1.82, 2.24) is 4.31 Å². The van der Waals surface area contributed by atoms with Gasteiger partial charge < -0.3 is 9.64 Å². The monoisotopic (exact) mass is 338 g/mol. The van der Waals surface area contributed by atoms with Crippen molar-refractivity contribution >= 4 is 21.6 Å². The Balaban J connectivity index is 1.94. The smallest absolute Gasteiger partial charge is 0.267 e. The van der Waals surface area contributed by atoms with Crippen LogP contribution < -0.4 is 9.64 Å². The standard InChI is InChI=1S/C16H22N2O4S/c1-11-6-8-18(9-7-11)23(20,21)13-4-5-15-14(10-13)17(3)16(19)12(2)22-15/h4-5,10-12H,6-9H2,1-3H3. The Bertz CT molecular complexity index is 724. The van der Waals surface area contributed by atoms with Gasteiger partial charge >= 0.3 is 0 Å². The number of fused-ring (bicyclic) bond motifs is 1. The van der Waals surface area contributed by atoms with Crippen LogP contribution in [-0.2, 0) is 14.8 Å². The summed E-state index contributed by atoms with van der Waals surface area (Å²) in [5.74, 6) is 0.910. The molecule has 2 heterocycles. The molecule has 0 bridgehead atoms. The second-order valence-corrected chi connectivity index (χ2v) is 8.31. The second kappa shape index (κ2) is 5.79. The van der Waals surface area contributed by atoms with Crippen molar-refractivity contribution in [2.75, 3.05) is 25.0 Å². The molecule has 0 radical (unpaired) electrons. The van der Waals surface area contributed by atoms with Crippen LogP contribution >= 0.6 is 0 Å². The minimum absolute atomic E-state index is 0.182. The van der Waals surface area contributed by atoms with E-state index in [0.29, 0.717) is 30.4 Å². The molecule has 1 atom stereocenters. The molecular weight excluding hydrogens is 316 g/mol. The number of ether oxygens (including phenoxy) is 1. The first-order valence-electron chi connectivity index (χ1n) is 7.89. The fraction of sp³-hybridized carbons (Fsp3) is 0.562. The van der Waals surface area contributed by atoms with E-state index in [-0.39, 0.29) is 10.8 Å². The minimum atomic E-state index is -3.53. The van der Waals surface area contributed by atoms with Crippen LogP contribution in [0.2, 0.25) is 0 Å². The van der Waals surface area contributed by atoms with Crippen LogP contribution in [0.25, 0.3) is 0 Å². The summed E-state index contributed by atoms with van der Waals surface area (Å²) in [5, 5.41) is 0. The van der Waals surface area contributed by atoms with E-state index in [0.717, 1.165) is 12.8 Å². The third kappa shape index (κ3) is 2.83. The van der Waals surface area contributed by atoms with Gasteiger partial charge in [-0.25, -0.2) is 8.42 Å². The highest BCUT2D eigenvalue weighted by molar-refractivity contribution is 7.89. The highest BCUT2D eigenvalue weighted by atomic mass is 32.2. The number of hydrogen-bond donors (Lipinski definition) is 0. The SMILES string of the molecule is CC1CCN(S(=O)(=O)c2ccc3c(c2)N(C)C(=O)C(C)O3)CC1. The summed E-state index contributed by atoms with van der Waals surface area (Å²) in [6, 6.07) is 4.73. The zero-order valence-electron chi connectivity index (χ0n) is 13.7. The summed E-state index contributed by atoms with van der Waals surface area (Å²) in [7, 11) is -1.90. The highest BCUT2D eigenvalue weighted by Crippen LogP contribution is 2.36.